The van der Waals surface area contributed by atoms with Crippen LogP contribution >= 0.6 is 15.9 Å². The Kier molecular flexibility index (Phi) is 3.52. The molecule has 0 saturated heterocycles. The Balaban J connectivity index is 3.46. The van der Waals surface area contributed by atoms with Gasteiger partial charge < -0.3 is 0 Å². The number of carbonyl (C=O) groups is 1. The van der Waals surface area contributed by atoms with E-state index in [0.717, 1.165) is 6.07 Å². The zero-order valence-electron chi connectivity index (χ0n) is 7.79. The highest BCUT2D eigenvalue weighted by Gasteiger charge is 2.24. The Bertz CT molecular complexity index is 434. The number of nitro benzene ring substituents is 1. The summed E-state index contributed by atoms with van der Waals surface area (Å²) in [5.41, 5.74) is -0.484. The fourth-order valence-corrected chi connectivity index (χ4v) is 1.51. The number of nitrogens with zero attached hydrogens (tertiary/aromatic N) is 1. The topological polar surface area (TPSA) is 60.2 Å². The zero-order chi connectivity index (χ0) is 11.6. The lowest BCUT2D eigenvalue weighted by Crippen LogP contribution is -2.07. The zero-order valence-corrected chi connectivity index (χ0v) is 9.38. The molecule has 0 aliphatic heterocycles. The van der Waals surface area contributed by atoms with Crippen LogP contribution in [0.4, 0.5) is 10.1 Å². The van der Waals surface area contributed by atoms with E-state index in [0.29, 0.717) is 5.56 Å². The molecule has 15 heavy (non-hydrogen) atoms. The summed E-state index contributed by atoms with van der Waals surface area (Å²) >= 11 is 2.89. The molecule has 0 unspecified atom stereocenters. The number of rotatable bonds is 3. The van der Waals surface area contributed by atoms with Crippen LogP contribution in [-0.2, 0) is 0 Å². The quantitative estimate of drug-likeness (QED) is 0.369. The molecule has 0 spiro atoms. The van der Waals surface area contributed by atoms with Gasteiger partial charge in [0.1, 0.15) is 0 Å². The van der Waals surface area contributed by atoms with Gasteiger partial charge in [-0.05, 0) is 24.6 Å². The lowest BCUT2D eigenvalue weighted by molar-refractivity contribution is -0.387. The van der Waals surface area contributed by atoms with Gasteiger partial charge in [-0.15, -0.1) is 0 Å². The number of halogens is 2. The molecule has 0 aliphatic rings. The van der Waals surface area contributed by atoms with Gasteiger partial charge in [-0.1, -0.05) is 15.9 Å². The Morgan fingerprint density at radius 1 is 1.60 bits per heavy atom. The standard InChI is InChI=1S/C9H7BrFNO3/c1-5-2-6(8(13)4-10)9(12(14)15)7(11)3-5/h2-3H,4H2,1H3. The first-order valence-electron chi connectivity index (χ1n) is 4.01. The van der Waals surface area contributed by atoms with Crippen LogP contribution < -0.4 is 0 Å². The van der Waals surface area contributed by atoms with E-state index in [1.54, 1.807) is 6.92 Å². The minimum Gasteiger partial charge on any atom is -0.293 e. The number of benzene rings is 1. The predicted octanol–water partition coefficient (Wildman–Crippen LogP) is 2.62. The second-order valence-corrected chi connectivity index (χ2v) is 3.52. The predicted molar refractivity (Wildman–Crippen MR) is 55.9 cm³/mol. The normalized spacial score (nSPS) is 10.1. The molecule has 1 aromatic rings. The average Bonchev–Trinajstić information content (AvgIpc) is 2.14. The van der Waals surface area contributed by atoms with Crippen LogP contribution in [0.5, 0.6) is 0 Å². The second-order valence-electron chi connectivity index (χ2n) is 2.96. The van der Waals surface area contributed by atoms with Crippen LogP contribution in [0.1, 0.15) is 15.9 Å². The smallest absolute Gasteiger partial charge is 0.293 e. The second kappa shape index (κ2) is 4.48. The summed E-state index contributed by atoms with van der Waals surface area (Å²) in [6.45, 7) is 1.57. The van der Waals surface area contributed by atoms with E-state index in [1.807, 2.05) is 0 Å². The fourth-order valence-electron chi connectivity index (χ4n) is 1.20. The molecule has 0 aromatic heterocycles. The molecule has 0 N–H and O–H groups in total. The van der Waals surface area contributed by atoms with Crippen LogP contribution in [0.15, 0.2) is 12.1 Å². The molecule has 0 radical (unpaired) electrons. The van der Waals surface area contributed by atoms with Crippen LogP contribution in [-0.4, -0.2) is 16.0 Å². The molecule has 0 atom stereocenters. The molecule has 80 valence electrons. The van der Waals surface area contributed by atoms with Gasteiger partial charge in [-0.2, -0.15) is 4.39 Å². The molecule has 4 nitrogen and oxygen atoms in total. The van der Waals surface area contributed by atoms with Crippen molar-refractivity contribution in [1.82, 2.24) is 0 Å². The third-order valence-electron chi connectivity index (χ3n) is 1.81. The molecule has 1 aromatic carbocycles. The third kappa shape index (κ3) is 2.38. The molecule has 0 heterocycles. The average molecular weight is 276 g/mol. The van der Waals surface area contributed by atoms with Gasteiger partial charge >= 0.3 is 5.69 Å². The van der Waals surface area contributed by atoms with Crippen molar-refractivity contribution < 1.29 is 14.1 Å². The summed E-state index contributed by atoms with van der Waals surface area (Å²) in [5, 5.41) is 10.5. The summed E-state index contributed by atoms with van der Waals surface area (Å²) in [6.07, 6.45) is 0. The van der Waals surface area contributed by atoms with Gasteiger partial charge in [0, 0.05) is 0 Å². The van der Waals surface area contributed by atoms with Gasteiger partial charge in [0.15, 0.2) is 5.78 Å². The van der Waals surface area contributed by atoms with Crippen LogP contribution in [0, 0.1) is 22.9 Å². The third-order valence-corrected chi connectivity index (χ3v) is 2.32. The van der Waals surface area contributed by atoms with Crippen molar-refractivity contribution in [2.45, 2.75) is 6.92 Å². The number of hydrogen-bond donors (Lipinski definition) is 0. The monoisotopic (exact) mass is 275 g/mol. The Morgan fingerprint density at radius 2 is 2.20 bits per heavy atom. The Labute approximate surface area is 93.4 Å². The van der Waals surface area contributed by atoms with Crippen molar-refractivity contribution in [1.29, 1.82) is 0 Å². The molecule has 6 heteroatoms. The minimum absolute atomic E-state index is 0.0727. The molecule has 0 aliphatic carbocycles. The van der Waals surface area contributed by atoms with Gasteiger partial charge in [0.25, 0.3) is 0 Å². The van der Waals surface area contributed by atoms with E-state index in [-0.39, 0.29) is 10.9 Å². The Morgan fingerprint density at radius 3 is 2.67 bits per heavy atom. The van der Waals surface area contributed by atoms with Gasteiger partial charge in [0.05, 0.1) is 15.8 Å². The number of carbonyl (C=O) groups excluding carboxylic acids is 1. The summed E-state index contributed by atoms with van der Waals surface area (Å²) in [7, 11) is 0. The molecule has 0 bridgehead atoms. The van der Waals surface area contributed by atoms with E-state index in [1.165, 1.54) is 6.07 Å². The SMILES string of the molecule is Cc1cc(F)c([N+](=O)[O-])c(C(=O)CBr)c1. The fraction of sp³-hybridized carbons (Fsp3) is 0.222. The molecular formula is C9H7BrFNO3. The maximum Gasteiger partial charge on any atom is 0.315 e. The largest absolute Gasteiger partial charge is 0.315 e. The van der Waals surface area contributed by atoms with E-state index in [9.17, 15) is 19.3 Å². The van der Waals surface area contributed by atoms with Crippen molar-refractivity contribution in [3.05, 3.63) is 39.2 Å². The molecule has 0 saturated carbocycles. The van der Waals surface area contributed by atoms with Crippen LogP contribution in [0.25, 0.3) is 0 Å². The lowest BCUT2D eigenvalue weighted by atomic mass is 10.1. The maximum absolute atomic E-state index is 13.2. The number of Topliss-reactive ketones (excluding diaryl/α,β-unsaturated/α-hetero) is 1. The summed E-state index contributed by atoms with van der Waals surface area (Å²) in [5.74, 6) is -1.49. The number of nitro groups is 1. The number of ketones is 1. The molecule has 0 fully saturated rings. The first-order valence-corrected chi connectivity index (χ1v) is 5.13. The van der Waals surface area contributed by atoms with Crippen molar-refractivity contribution in [2.75, 3.05) is 5.33 Å². The van der Waals surface area contributed by atoms with E-state index in [2.05, 4.69) is 15.9 Å². The van der Waals surface area contributed by atoms with Crippen LogP contribution in [0.3, 0.4) is 0 Å². The lowest BCUT2D eigenvalue weighted by Gasteiger charge is -2.02. The van der Waals surface area contributed by atoms with Crippen molar-refractivity contribution >= 4 is 27.4 Å². The summed E-state index contributed by atoms with van der Waals surface area (Å²) < 4.78 is 13.2. The minimum atomic E-state index is -0.982. The molecule has 0 amide bonds. The first-order chi connectivity index (χ1) is 6.97. The highest BCUT2D eigenvalue weighted by Crippen LogP contribution is 2.25. The van der Waals surface area contributed by atoms with Crippen LogP contribution in [0.2, 0.25) is 0 Å². The number of hydrogen-bond acceptors (Lipinski definition) is 3. The van der Waals surface area contributed by atoms with E-state index < -0.39 is 22.2 Å². The van der Waals surface area contributed by atoms with Gasteiger partial charge in [-0.3, -0.25) is 14.9 Å². The summed E-state index contributed by atoms with van der Waals surface area (Å²) in [4.78, 5) is 21.0. The number of alkyl halides is 1. The van der Waals surface area contributed by atoms with Crippen molar-refractivity contribution in [3.8, 4) is 0 Å². The number of aryl methyl sites for hydroxylation is 1. The van der Waals surface area contributed by atoms with Crippen molar-refractivity contribution in [2.24, 2.45) is 0 Å². The maximum atomic E-state index is 13.2. The van der Waals surface area contributed by atoms with Gasteiger partial charge in [-0.25, -0.2) is 0 Å². The van der Waals surface area contributed by atoms with Crippen molar-refractivity contribution in [3.63, 3.8) is 0 Å². The van der Waals surface area contributed by atoms with E-state index in [4.69, 9.17) is 0 Å². The summed E-state index contributed by atoms with van der Waals surface area (Å²) in [6, 6.07) is 2.34. The molecular weight excluding hydrogens is 269 g/mol. The molecule has 1 rings (SSSR count). The highest BCUT2D eigenvalue weighted by molar-refractivity contribution is 9.09. The first kappa shape index (κ1) is 11.8. The van der Waals surface area contributed by atoms with E-state index >= 15 is 0 Å². The Hall–Kier alpha value is -1.30. The van der Waals surface area contributed by atoms with Gasteiger partial charge in [0.2, 0.25) is 5.82 Å². The highest BCUT2D eigenvalue weighted by atomic mass is 79.9.